The van der Waals surface area contributed by atoms with E-state index in [1.165, 1.54) is 0 Å². The van der Waals surface area contributed by atoms with E-state index in [4.69, 9.17) is 0 Å². The van der Waals surface area contributed by atoms with Gasteiger partial charge in [0.05, 0.1) is 6.61 Å². The molecule has 0 heterocycles. The van der Waals surface area contributed by atoms with Gasteiger partial charge in [-0.2, -0.15) is 17.6 Å². The Morgan fingerprint density at radius 3 is 1.94 bits per heavy atom. The average molecular weight is 276 g/mol. The van der Waals surface area contributed by atoms with Gasteiger partial charge in [0.2, 0.25) is 0 Å². The van der Waals surface area contributed by atoms with Gasteiger partial charge in [-0.15, -0.1) is 0 Å². The van der Waals surface area contributed by atoms with Crippen LogP contribution in [0, 0.1) is 0 Å². The molecule has 11 heteroatoms. The van der Waals surface area contributed by atoms with Crippen molar-refractivity contribution in [3.63, 3.8) is 0 Å². The number of carbonyl (C=O) groups excluding carboxylic acids is 1. The van der Waals surface area contributed by atoms with E-state index in [2.05, 4.69) is 4.74 Å². The predicted molar refractivity (Wildman–Crippen MR) is 36.2 cm³/mol. The maximum atomic E-state index is 12.5. The number of rotatable bonds is 4. The molecule has 5 nitrogen and oxygen atoms in total. The third kappa shape index (κ3) is 3.29. The van der Waals surface area contributed by atoms with Crippen molar-refractivity contribution in [3.8, 4) is 0 Å². The van der Waals surface area contributed by atoms with Gasteiger partial charge >= 0.3 is 46.7 Å². The predicted octanol–water partition coefficient (Wildman–Crippen LogP) is -2.67. The second kappa shape index (κ2) is 5.63. The minimum atomic E-state index is -6.66. The fourth-order valence-electron chi connectivity index (χ4n) is 0.498. The summed E-state index contributed by atoms with van der Waals surface area (Å²) < 4.78 is 82.6. The summed E-state index contributed by atoms with van der Waals surface area (Å²) in [6.45, 7) is 0.376. The standard InChI is InChI=1S/C5H6F4O5S.Na/c1-2-14-3(10)4(6,7)5(8,9)15(11,12)13;/h2H2,1H3,(H,11,12,13);/q;+1/p-1. The summed E-state index contributed by atoms with van der Waals surface area (Å²) in [4.78, 5) is 10.3. The molecule has 0 saturated carbocycles. The number of hydrogen-bond donors (Lipinski definition) is 0. The van der Waals surface area contributed by atoms with E-state index in [0.717, 1.165) is 6.92 Å². The minimum absolute atomic E-state index is 0. The van der Waals surface area contributed by atoms with Crippen molar-refractivity contribution in [1.29, 1.82) is 0 Å². The first-order valence-electron chi connectivity index (χ1n) is 3.36. The van der Waals surface area contributed by atoms with Gasteiger partial charge < -0.3 is 9.29 Å². The number of esters is 1. The molecule has 0 saturated heterocycles. The molecule has 0 unspecified atom stereocenters. The molecule has 0 amide bonds. The van der Waals surface area contributed by atoms with Gasteiger partial charge in [0, 0.05) is 0 Å². The smallest absolute Gasteiger partial charge is 0.743 e. The quantitative estimate of drug-likeness (QED) is 0.242. The second-order valence-corrected chi connectivity index (χ2v) is 3.69. The molecule has 0 aliphatic rings. The topological polar surface area (TPSA) is 83.5 Å². The third-order valence-electron chi connectivity index (χ3n) is 1.21. The van der Waals surface area contributed by atoms with Gasteiger partial charge in [-0.05, 0) is 6.92 Å². The maximum Gasteiger partial charge on any atom is 1.00 e. The zero-order valence-corrected chi connectivity index (χ0v) is 11.0. The summed E-state index contributed by atoms with van der Waals surface area (Å²) >= 11 is 0. The Hall–Kier alpha value is 0.1000. The summed E-state index contributed by atoms with van der Waals surface area (Å²) in [5.74, 6) is -8.47. The minimum Gasteiger partial charge on any atom is -0.743 e. The van der Waals surface area contributed by atoms with Crippen LogP contribution < -0.4 is 29.6 Å². The summed E-state index contributed by atoms with van der Waals surface area (Å²) in [5.41, 5.74) is 0. The normalized spacial score (nSPS) is 12.9. The molecule has 0 aliphatic carbocycles. The van der Waals surface area contributed by atoms with Crippen LogP contribution in [0.15, 0.2) is 0 Å². The van der Waals surface area contributed by atoms with Crippen molar-refractivity contribution in [1.82, 2.24) is 0 Å². The monoisotopic (exact) mass is 276 g/mol. The Bertz CT molecular complexity index is 354. The van der Waals surface area contributed by atoms with Crippen molar-refractivity contribution < 1.29 is 69.6 Å². The molecule has 0 fully saturated rings. The molecule has 0 aromatic heterocycles. The van der Waals surface area contributed by atoms with Gasteiger partial charge in [-0.25, -0.2) is 13.2 Å². The van der Waals surface area contributed by atoms with Gasteiger partial charge in [-0.1, -0.05) is 0 Å². The molecule has 0 radical (unpaired) electrons. The SMILES string of the molecule is CCOC(=O)C(F)(F)C(F)(F)S(=O)(=O)[O-].[Na+]. The molecular weight excluding hydrogens is 271 g/mol. The van der Waals surface area contributed by atoms with Crippen molar-refractivity contribution in [2.45, 2.75) is 18.1 Å². The fourth-order valence-corrected chi connectivity index (χ4v) is 0.895. The molecule has 0 aromatic carbocycles. The van der Waals surface area contributed by atoms with Crippen molar-refractivity contribution in [2.24, 2.45) is 0 Å². The van der Waals surface area contributed by atoms with Gasteiger partial charge in [0.15, 0.2) is 10.1 Å². The molecule has 90 valence electrons. The van der Waals surface area contributed by atoms with Crippen LogP contribution in [0.2, 0.25) is 0 Å². The van der Waals surface area contributed by atoms with E-state index in [9.17, 15) is 35.3 Å². The van der Waals surface area contributed by atoms with Crippen LogP contribution in [-0.2, 0) is 19.6 Å². The van der Waals surface area contributed by atoms with E-state index in [1.54, 1.807) is 0 Å². The zero-order chi connectivity index (χ0) is 12.5. The molecule has 0 N–H and O–H groups in total. The Morgan fingerprint density at radius 1 is 1.31 bits per heavy atom. The second-order valence-electron chi connectivity index (χ2n) is 2.27. The van der Waals surface area contributed by atoms with E-state index in [-0.39, 0.29) is 29.6 Å². The molecule has 16 heavy (non-hydrogen) atoms. The molecule has 0 aliphatic heterocycles. The van der Waals surface area contributed by atoms with Crippen LogP contribution in [0.25, 0.3) is 0 Å². The third-order valence-corrected chi connectivity index (χ3v) is 2.10. The average Bonchev–Trinajstić information content (AvgIpc) is 2.02. The van der Waals surface area contributed by atoms with E-state index in [0.29, 0.717) is 0 Å². The Kier molecular flexibility index (Phi) is 6.49. The molecule has 0 spiro atoms. The van der Waals surface area contributed by atoms with Gasteiger partial charge in [-0.3, -0.25) is 0 Å². The number of carbonyl (C=O) groups is 1. The van der Waals surface area contributed by atoms with Gasteiger partial charge in [0.25, 0.3) is 0 Å². The van der Waals surface area contributed by atoms with E-state index in [1.807, 2.05) is 0 Å². The summed E-state index contributed by atoms with van der Waals surface area (Å²) in [6, 6.07) is 0. The van der Waals surface area contributed by atoms with Crippen molar-refractivity contribution >= 4 is 16.1 Å². The molecular formula is C5H5F4NaO5S. The molecule has 0 aromatic rings. The number of hydrogen-bond acceptors (Lipinski definition) is 5. The first kappa shape index (κ1) is 18.5. The van der Waals surface area contributed by atoms with Crippen LogP contribution >= 0.6 is 0 Å². The summed E-state index contributed by atoms with van der Waals surface area (Å²) in [7, 11) is -6.66. The van der Waals surface area contributed by atoms with Crippen molar-refractivity contribution in [2.75, 3.05) is 6.61 Å². The maximum absolute atomic E-state index is 12.5. The van der Waals surface area contributed by atoms with Gasteiger partial charge in [0.1, 0.15) is 0 Å². The molecule has 0 rings (SSSR count). The Labute approximate surface area is 110 Å². The first-order chi connectivity index (χ1) is 6.48. The van der Waals surface area contributed by atoms with Crippen molar-refractivity contribution in [3.05, 3.63) is 0 Å². The Balaban J connectivity index is 0. The largest absolute Gasteiger partial charge is 1.00 e. The first-order valence-corrected chi connectivity index (χ1v) is 4.77. The van der Waals surface area contributed by atoms with E-state index >= 15 is 0 Å². The summed E-state index contributed by atoms with van der Waals surface area (Å²) in [6.07, 6.45) is 0. The van der Waals surface area contributed by atoms with E-state index < -0.39 is 33.9 Å². The number of halogens is 4. The number of ether oxygens (including phenoxy) is 1. The van der Waals surface area contributed by atoms with Crippen LogP contribution in [0.5, 0.6) is 0 Å². The Morgan fingerprint density at radius 2 is 1.69 bits per heavy atom. The van der Waals surface area contributed by atoms with Crippen LogP contribution in [0.4, 0.5) is 17.6 Å². The van der Waals surface area contributed by atoms with Crippen LogP contribution in [-0.4, -0.2) is 36.7 Å². The molecule has 0 atom stereocenters. The summed E-state index contributed by atoms with van der Waals surface area (Å²) in [5, 5.41) is -6.04. The number of alkyl halides is 4. The van der Waals surface area contributed by atoms with Crippen LogP contribution in [0.1, 0.15) is 6.92 Å². The fraction of sp³-hybridized carbons (Fsp3) is 0.800. The zero-order valence-electron chi connectivity index (χ0n) is 8.17. The van der Waals surface area contributed by atoms with Crippen LogP contribution in [0.3, 0.4) is 0 Å². The molecule has 0 bridgehead atoms.